The zero-order valence-electron chi connectivity index (χ0n) is 10.9. The predicted molar refractivity (Wildman–Crippen MR) is 69.9 cm³/mol. The van der Waals surface area contributed by atoms with Crippen molar-refractivity contribution in [1.29, 1.82) is 0 Å². The first kappa shape index (κ1) is 12.8. The van der Waals surface area contributed by atoms with Gasteiger partial charge in [-0.25, -0.2) is 4.39 Å². The van der Waals surface area contributed by atoms with Crippen LogP contribution in [0.15, 0.2) is 30.6 Å². The Hall–Kier alpha value is -1.68. The van der Waals surface area contributed by atoms with Gasteiger partial charge in [-0.15, -0.1) is 0 Å². The zero-order valence-corrected chi connectivity index (χ0v) is 10.9. The van der Waals surface area contributed by atoms with E-state index in [-0.39, 0.29) is 11.9 Å². The lowest BCUT2D eigenvalue weighted by atomic mass is 9.97. The highest BCUT2D eigenvalue weighted by Crippen LogP contribution is 2.25. The van der Waals surface area contributed by atoms with Crippen LogP contribution in [0.5, 0.6) is 0 Å². The van der Waals surface area contributed by atoms with E-state index in [2.05, 4.69) is 10.4 Å². The third kappa shape index (κ3) is 2.59. The van der Waals surface area contributed by atoms with Crippen LogP contribution in [0.4, 0.5) is 4.39 Å². The van der Waals surface area contributed by atoms with Gasteiger partial charge in [0.05, 0.1) is 12.2 Å². The monoisotopic (exact) mass is 247 g/mol. The molecule has 0 spiro atoms. The van der Waals surface area contributed by atoms with Crippen LogP contribution in [0.2, 0.25) is 0 Å². The molecule has 0 aliphatic heterocycles. The number of rotatable bonds is 4. The Labute approximate surface area is 107 Å². The molecule has 0 fully saturated rings. The van der Waals surface area contributed by atoms with Gasteiger partial charge in [0.1, 0.15) is 5.82 Å². The van der Waals surface area contributed by atoms with Crippen molar-refractivity contribution in [2.75, 3.05) is 6.54 Å². The number of nitrogens with one attached hydrogen (secondary N) is 1. The van der Waals surface area contributed by atoms with Crippen molar-refractivity contribution in [2.24, 2.45) is 7.05 Å². The average Bonchev–Trinajstić information content (AvgIpc) is 2.76. The van der Waals surface area contributed by atoms with Crippen LogP contribution < -0.4 is 5.32 Å². The summed E-state index contributed by atoms with van der Waals surface area (Å²) in [7, 11) is 1.88. The molecule has 0 aliphatic carbocycles. The van der Waals surface area contributed by atoms with Crippen molar-refractivity contribution in [2.45, 2.75) is 19.9 Å². The minimum atomic E-state index is -0.206. The fourth-order valence-electron chi connectivity index (χ4n) is 2.12. The highest BCUT2D eigenvalue weighted by atomic mass is 19.1. The molecular weight excluding hydrogens is 229 g/mol. The maximum absolute atomic E-state index is 13.4. The molecule has 1 N–H and O–H groups in total. The van der Waals surface area contributed by atoms with Crippen LogP contribution >= 0.6 is 0 Å². The minimum absolute atomic E-state index is 0.0144. The highest BCUT2D eigenvalue weighted by molar-refractivity contribution is 5.35. The topological polar surface area (TPSA) is 29.9 Å². The molecule has 18 heavy (non-hydrogen) atoms. The third-order valence-corrected chi connectivity index (χ3v) is 3.02. The third-order valence-electron chi connectivity index (χ3n) is 3.02. The van der Waals surface area contributed by atoms with Gasteiger partial charge in [-0.3, -0.25) is 4.68 Å². The highest BCUT2D eigenvalue weighted by Gasteiger charge is 2.17. The van der Waals surface area contributed by atoms with Gasteiger partial charge in [0.15, 0.2) is 0 Å². The normalized spacial score (nSPS) is 12.7. The summed E-state index contributed by atoms with van der Waals surface area (Å²) in [5.74, 6) is -0.206. The fraction of sp³-hybridized carbons (Fsp3) is 0.357. The lowest BCUT2D eigenvalue weighted by Gasteiger charge is -2.19. The number of benzene rings is 1. The van der Waals surface area contributed by atoms with Gasteiger partial charge in [-0.05, 0) is 36.7 Å². The van der Waals surface area contributed by atoms with Crippen molar-refractivity contribution >= 4 is 0 Å². The maximum atomic E-state index is 13.4. The van der Waals surface area contributed by atoms with Crippen LogP contribution in [0.25, 0.3) is 0 Å². The summed E-state index contributed by atoms with van der Waals surface area (Å²) in [4.78, 5) is 0. The van der Waals surface area contributed by atoms with E-state index in [1.807, 2.05) is 39.4 Å². The van der Waals surface area contributed by atoms with Crippen molar-refractivity contribution in [3.63, 3.8) is 0 Å². The Balaban J connectivity index is 2.44. The molecule has 0 radical (unpaired) electrons. The van der Waals surface area contributed by atoms with Gasteiger partial charge >= 0.3 is 0 Å². The smallest absolute Gasteiger partial charge is 0.123 e. The van der Waals surface area contributed by atoms with Gasteiger partial charge in [0.25, 0.3) is 0 Å². The second-order valence-electron chi connectivity index (χ2n) is 4.44. The zero-order chi connectivity index (χ0) is 13.1. The van der Waals surface area contributed by atoms with Crippen molar-refractivity contribution in [3.8, 4) is 0 Å². The van der Waals surface area contributed by atoms with Crippen LogP contribution in [-0.2, 0) is 7.05 Å². The van der Waals surface area contributed by atoms with Crippen LogP contribution in [0.3, 0.4) is 0 Å². The Morgan fingerprint density at radius 1 is 1.44 bits per heavy atom. The van der Waals surface area contributed by atoms with E-state index >= 15 is 0 Å². The maximum Gasteiger partial charge on any atom is 0.123 e. The standard InChI is InChI=1S/C14H18FN3/c1-4-16-14(11-8-17-18(3)9-11)13-7-12(15)6-5-10(13)2/h5-9,14,16H,4H2,1-3H3. The second-order valence-corrected chi connectivity index (χ2v) is 4.44. The molecule has 2 aromatic rings. The van der Waals surface area contributed by atoms with E-state index in [0.29, 0.717) is 0 Å². The van der Waals surface area contributed by atoms with E-state index in [9.17, 15) is 4.39 Å². The fourth-order valence-corrected chi connectivity index (χ4v) is 2.12. The van der Waals surface area contributed by atoms with Crippen molar-refractivity contribution in [1.82, 2.24) is 15.1 Å². The molecule has 1 aromatic carbocycles. The minimum Gasteiger partial charge on any atom is -0.306 e. The molecule has 1 heterocycles. The number of halogens is 1. The summed E-state index contributed by atoms with van der Waals surface area (Å²) in [6.07, 6.45) is 3.77. The first-order valence-corrected chi connectivity index (χ1v) is 6.09. The van der Waals surface area contributed by atoms with Gasteiger partial charge in [0.2, 0.25) is 0 Å². The van der Waals surface area contributed by atoms with E-state index in [4.69, 9.17) is 0 Å². The lowest BCUT2D eigenvalue weighted by molar-refractivity contribution is 0.600. The van der Waals surface area contributed by atoms with Gasteiger partial charge < -0.3 is 5.32 Å². The van der Waals surface area contributed by atoms with Gasteiger partial charge in [-0.1, -0.05) is 13.0 Å². The lowest BCUT2D eigenvalue weighted by Crippen LogP contribution is -2.22. The average molecular weight is 247 g/mol. The van der Waals surface area contributed by atoms with Gasteiger partial charge in [0, 0.05) is 18.8 Å². The Morgan fingerprint density at radius 3 is 2.83 bits per heavy atom. The number of nitrogens with zero attached hydrogens (tertiary/aromatic N) is 2. The second kappa shape index (κ2) is 5.31. The van der Waals surface area contributed by atoms with Crippen LogP contribution in [-0.4, -0.2) is 16.3 Å². The van der Waals surface area contributed by atoms with Crippen LogP contribution in [0, 0.1) is 12.7 Å². The van der Waals surface area contributed by atoms with E-state index in [1.54, 1.807) is 10.7 Å². The van der Waals surface area contributed by atoms with Gasteiger partial charge in [-0.2, -0.15) is 5.10 Å². The summed E-state index contributed by atoms with van der Waals surface area (Å²) in [6.45, 7) is 4.85. The molecule has 1 unspecified atom stereocenters. The summed E-state index contributed by atoms with van der Waals surface area (Å²) < 4.78 is 15.2. The molecular formula is C14H18FN3. The summed E-state index contributed by atoms with van der Waals surface area (Å²) >= 11 is 0. The van der Waals surface area contributed by atoms with E-state index in [0.717, 1.165) is 23.2 Å². The molecule has 1 atom stereocenters. The molecule has 2 rings (SSSR count). The number of aromatic nitrogens is 2. The molecule has 0 amide bonds. The molecule has 0 aliphatic rings. The summed E-state index contributed by atoms with van der Waals surface area (Å²) in [6, 6.07) is 4.88. The van der Waals surface area contributed by atoms with E-state index in [1.165, 1.54) is 6.07 Å². The van der Waals surface area contributed by atoms with Crippen molar-refractivity contribution in [3.05, 3.63) is 53.1 Å². The SMILES string of the molecule is CCNC(c1cnn(C)c1)c1cc(F)ccc1C. The largest absolute Gasteiger partial charge is 0.306 e. The summed E-state index contributed by atoms with van der Waals surface area (Å²) in [5, 5.41) is 7.56. The molecule has 1 aromatic heterocycles. The quantitative estimate of drug-likeness (QED) is 0.900. The molecule has 0 saturated carbocycles. The first-order chi connectivity index (χ1) is 8.61. The number of hydrogen-bond acceptors (Lipinski definition) is 2. The predicted octanol–water partition coefficient (Wildman–Crippen LogP) is 2.57. The van der Waals surface area contributed by atoms with Crippen LogP contribution in [0.1, 0.15) is 29.7 Å². The molecule has 3 nitrogen and oxygen atoms in total. The summed E-state index contributed by atoms with van der Waals surface area (Å²) in [5.41, 5.74) is 3.09. The Morgan fingerprint density at radius 2 is 2.22 bits per heavy atom. The van der Waals surface area contributed by atoms with E-state index < -0.39 is 0 Å². The Bertz CT molecular complexity index is 534. The van der Waals surface area contributed by atoms with Crippen molar-refractivity contribution < 1.29 is 4.39 Å². The number of hydrogen-bond donors (Lipinski definition) is 1. The molecule has 96 valence electrons. The number of aryl methyl sites for hydroxylation is 2. The molecule has 0 bridgehead atoms. The molecule has 4 heteroatoms. The molecule has 0 saturated heterocycles. The first-order valence-electron chi connectivity index (χ1n) is 6.09. The Kier molecular flexibility index (Phi) is 3.77.